The molecule has 2 aliphatic heterocycles. The van der Waals surface area contributed by atoms with E-state index in [1.807, 2.05) is 0 Å². The molecule has 2 rings (SSSR count). The Balaban J connectivity index is 1.93. The maximum Gasteiger partial charge on any atom is 0.0985 e. The van der Waals surface area contributed by atoms with Crippen molar-refractivity contribution in [1.82, 2.24) is 4.90 Å². The van der Waals surface area contributed by atoms with Crippen LogP contribution in [0.3, 0.4) is 0 Å². The van der Waals surface area contributed by atoms with Crippen LogP contribution in [0.25, 0.3) is 0 Å². The molecule has 0 saturated carbocycles. The third-order valence-electron chi connectivity index (χ3n) is 3.43. The second kappa shape index (κ2) is 4.76. The van der Waals surface area contributed by atoms with Crippen LogP contribution >= 0.6 is 0 Å². The van der Waals surface area contributed by atoms with Gasteiger partial charge in [0.25, 0.3) is 0 Å². The molecule has 2 aliphatic rings. The first kappa shape index (κ1) is 11.3. The highest BCUT2D eigenvalue weighted by Crippen LogP contribution is 2.29. The fourth-order valence-electron chi connectivity index (χ4n) is 2.41. The van der Waals surface area contributed by atoms with E-state index in [2.05, 4.69) is 4.90 Å². The van der Waals surface area contributed by atoms with Gasteiger partial charge in [-0.1, -0.05) is 0 Å². The second-order valence-electron chi connectivity index (χ2n) is 4.64. The van der Waals surface area contributed by atoms with Gasteiger partial charge in [-0.3, -0.25) is 4.90 Å². The summed E-state index contributed by atoms with van der Waals surface area (Å²) in [5.41, 5.74) is 0.0488. The molecule has 0 aliphatic carbocycles. The van der Waals surface area contributed by atoms with Gasteiger partial charge >= 0.3 is 0 Å². The first-order valence-corrected chi connectivity index (χ1v) is 5.78. The summed E-state index contributed by atoms with van der Waals surface area (Å²) < 4.78 is 23.8. The Hall–Kier alpha value is -0.190. The first-order valence-electron chi connectivity index (χ1n) is 5.78. The molecule has 2 fully saturated rings. The summed E-state index contributed by atoms with van der Waals surface area (Å²) in [7, 11) is 0. The number of hydrogen-bond acceptors (Lipinski definition) is 3. The normalized spacial score (nSPS) is 34.8. The van der Waals surface area contributed by atoms with Gasteiger partial charge in [-0.2, -0.15) is 0 Å². The van der Waals surface area contributed by atoms with Crippen molar-refractivity contribution in [2.24, 2.45) is 0 Å². The third kappa shape index (κ3) is 2.49. The fourth-order valence-corrected chi connectivity index (χ4v) is 2.41. The molecular formula is C11H20FNO2. The van der Waals surface area contributed by atoms with Gasteiger partial charge in [0, 0.05) is 19.7 Å². The van der Waals surface area contributed by atoms with Crippen LogP contribution in [0.15, 0.2) is 0 Å². The van der Waals surface area contributed by atoms with Gasteiger partial charge < -0.3 is 9.47 Å². The van der Waals surface area contributed by atoms with Crippen LogP contribution in [0.4, 0.5) is 4.39 Å². The third-order valence-corrected chi connectivity index (χ3v) is 3.43. The minimum absolute atomic E-state index is 0.0488. The molecule has 2 unspecified atom stereocenters. The lowest BCUT2D eigenvalue weighted by molar-refractivity contribution is -0.0725. The van der Waals surface area contributed by atoms with E-state index in [1.165, 1.54) is 0 Å². The summed E-state index contributed by atoms with van der Waals surface area (Å²) in [6, 6.07) is 0. The van der Waals surface area contributed by atoms with E-state index in [0.29, 0.717) is 6.42 Å². The summed E-state index contributed by atoms with van der Waals surface area (Å²) in [5.74, 6) is 0. The molecule has 0 amide bonds. The van der Waals surface area contributed by atoms with Crippen molar-refractivity contribution >= 4 is 0 Å². The highest BCUT2D eigenvalue weighted by Gasteiger charge is 2.42. The van der Waals surface area contributed by atoms with Gasteiger partial charge in [-0.15, -0.1) is 0 Å². The van der Waals surface area contributed by atoms with E-state index < -0.39 is 6.17 Å². The van der Waals surface area contributed by atoms with Crippen LogP contribution in [0.1, 0.15) is 19.8 Å². The van der Waals surface area contributed by atoms with E-state index in [9.17, 15) is 4.39 Å². The molecule has 0 aromatic rings. The van der Waals surface area contributed by atoms with Gasteiger partial charge in [0.1, 0.15) is 0 Å². The Morgan fingerprint density at radius 3 is 2.73 bits per heavy atom. The molecule has 3 nitrogen and oxygen atoms in total. The van der Waals surface area contributed by atoms with Crippen LogP contribution in [0.2, 0.25) is 0 Å². The predicted octanol–water partition coefficient (Wildman–Crippen LogP) is 1.23. The van der Waals surface area contributed by atoms with Gasteiger partial charge in [0.2, 0.25) is 0 Å². The summed E-state index contributed by atoms with van der Waals surface area (Å²) >= 11 is 0. The lowest BCUT2D eigenvalue weighted by atomic mass is 9.95. The van der Waals surface area contributed by atoms with E-state index in [4.69, 9.17) is 9.47 Å². The number of ether oxygens (including phenoxy) is 2. The summed E-state index contributed by atoms with van der Waals surface area (Å²) in [4.78, 5) is 2.36. The van der Waals surface area contributed by atoms with E-state index in [-0.39, 0.29) is 5.54 Å². The van der Waals surface area contributed by atoms with Crippen molar-refractivity contribution in [1.29, 1.82) is 0 Å². The largest absolute Gasteiger partial charge is 0.379 e. The first-order chi connectivity index (χ1) is 7.23. The Morgan fingerprint density at radius 1 is 1.33 bits per heavy atom. The Labute approximate surface area is 90.5 Å². The Kier molecular flexibility index (Phi) is 3.59. The number of nitrogens with zero attached hydrogens (tertiary/aromatic N) is 1. The zero-order valence-corrected chi connectivity index (χ0v) is 9.38. The van der Waals surface area contributed by atoms with E-state index in [0.717, 1.165) is 45.9 Å². The molecular weight excluding hydrogens is 197 g/mol. The molecule has 0 N–H and O–H groups in total. The van der Waals surface area contributed by atoms with Gasteiger partial charge in [-0.05, 0) is 19.8 Å². The molecule has 4 heteroatoms. The van der Waals surface area contributed by atoms with Gasteiger partial charge in [0.05, 0.1) is 31.5 Å². The second-order valence-corrected chi connectivity index (χ2v) is 4.64. The highest BCUT2D eigenvalue weighted by molar-refractivity contribution is 4.96. The number of hydrogen-bond donors (Lipinski definition) is 0. The number of rotatable bonds is 3. The van der Waals surface area contributed by atoms with Crippen molar-refractivity contribution < 1.29 is 13.9 Å². The average molecular weight is 217 g/mol. The molecule has 88 valence electrons. The van der Waals surface area contributed by atoms with Crippen molar-refractivity contribution in [2.45, 2.75) is 31.5 Å². The zero-order valence-electron chi connectivity index (χ0n) is 9.38. The van der Waals surface area contributed by atoms with Crippen LogP contribution in [0, 0.1) is 0 Å². The van der Waals surface area contributed by atoms with Crippen LogP contribution < -0.4 is 0 Å². The molecule has 0 aromatic heterocycles. The lowest BCUT2D eigenvalue weighted by Crippen LogP contribution is -2.57. The number of morpholine rings is 1. The standard InChI is InChI=1S/C11H20FNO2/c1-10(12)2-4-13-5-7-15-9-11(13)3-6-14-8-11/h10H,2-9H2,1H3. The van der Waals surface area contributed by atoms with Crippen LogP contribution in [-0.4, -0.2) is 56.1 Å². The predicted molar refractivity (Wildman–Crippen MR) is 55.7 cm³/mol. The van der Waals surface area contributed by atoms with Crippen molar-refractivity contribution in [3.05, 3.63) is 0 Å². The zero-order chi connectivity index (χ0) is 10.7. The number of halogens is 1. The maximum atomic E-state index is 12.8. The Bertz CT molecular complexity index is 205. The van der Waals surface area contributed by atoms with Gasteiger partial charge in [0.15, 0.2) is 0 Å². The minimum Gasteiger partial charge on any atom is -0.379 e. The van der Waals surface area contributed by atoms with E-state index >= 15 is 0 Å². The molecule has 15 heavy (non-hydrogen) atoms. The van der Waals surface area contributed by atoms with Crippen LogP contribution in [-0.2, 0) is 9.47 Å². The van der Waals surface area contributed by atoms with Crippen molar-refractivity contribution in [2.75, 3.05) is 39.5 Å². The molecule has 0 aromatic carbocycles. The molecule has 0 bridgehead atoms. The highest BCUT2D eigenvalue weighted by atomic mass is 19.1. The molecule has 2 saturated heterocycles. The number of alkyl halides is 1. The molecule has 2 atom stereocenters. The minimum atomic E-state index is -0.716. The maximum absolute atomic E-state index is 12.8. The smallest absolute Gasteiger partial charge is 0.0985 e. The summed E-state index contributed by atoms with van der Waals surface area (Å²) in [6.07, 6.45) is 0.919. The molecule has 2 heterocycles. The average Bonchev–Trinajstić information content (AvgIpc) is 2.66. The molecule has 0 radical (unpaired) electrons. The molecule has 1 spiro atoms. The quantitative estimate of drug-likeness (QED) is 0.709. The van der Waals surface area contributed by atoms with Crippen molar-refractivity contribution in [3.63, 3.8) is 0 Å². The summed E-state index contributed by atoms with van der Waals surface area (Å²) in [6.45, 7) is 6.42. The van der Waals surface area contributed by atoms with Crippen molar-refractivity contribution in [3.8, 4) is 0 Å². The lowest BCUT2D eigenvalue weighted by Gasteiger charge is -2.43. The SMILES string of the molecule is CC(F)CCN1CCOCC12CCOC2. The van der Waals surface area contributed by atoms with Gasteiger partial charge in [-0.25, -0.2) is 4.39 Å². The van der Waals surface area contributed by atoms with Crippen LogP contribution in [0.5, 0.6) is 0 Å². The fraction of sp³-hybridized carbons (Fsp3) is 1.00. The topological polar surface area (TPSA) is 21.7 Å². The van der Waals surface area contributed by atoms with E-state index in [1.54, 1.807) is 6.92 Å². The Morgan fingerprint density at radius 2 is 2.07 bits per heavy atom. The monoisotopic (exact) mass is 217 g/mol. The summed E-state index contributed by atoms with van der Waals surface area (Å²) in [5, 5.41) is 0.